The van der Waals surface area contributed by atoms with E-state index in [4.69, 9.17) is 9.73 Å². The van der Waals surface area contributed by atoms with Crippen LogP contribution in [0.25, 0.3) is 0 Å². The first-order valence-electron chi connectivity index (χ1n) is 10.2. The number of piperidine rings is 1. The Balaban J connectivity index is 0.00000300. The molecule has 1 unspecified atom stereocenters. The van der Waals surface area contributed by atoms with Crippen LogP contribution in [0.15, 0.2) is 46.8 Å². The fraction of sp³-hybridized carbons (Fsp3) is 0.500. The first-order chi connectivity index (χ1) is 13.8. The molecule has 0 radical (unpaired) electrons. The standard InChI is InChI=1S/C22H32N4OS.HI/c1-3-23-22(25-15-19-9-4-5-11-21(19)27-2)24-14-18-8-6-12-26(16-18)17-20-10-7-13-28-20;/h4-5,7,9-11,13,18H,3,6,8,12,14-17H2,1-2H3,(H2,23,24,25);1H. The summed E-state index contributed by atoms with van der Waals surface area (Å²) in [5.41, 5.74) is 1.10. The van der Waals surface area contributed by atoms with Gasteiger partial charge in [0.25, 0.3) is 0 Å². The Morgan fingerprint density at radius 2 is 2.10 bits per heavy atom. The second kappa shape index (κ2) is 13.1. The summed E-state index contributed by atoms with van der Waals surface area (Å²) in [5.74, 6) is 2.42. The number of likely N-dealkylation sites (tertiary alicyclic amines) is 1. The van der Waals surface area contributed by atoms with Gasteiger partial charge in [-0.25, -0.2) is 4.99 Å². The van der Waals surface area contributed by atoms with Gasteiger partial charge in [0.15, 0.2) is 5.96 Å². The quantitative estimate of drug-likeness (QED) is 0.304. The van der Waals surface area contributed by atoms with Crippen LogP contribution in [0.3, 0.4) is 0 Å². The van der Waals surface area contributed by atoms with Crippen LogP contribution in [0.1, 0.15) is 30.2 Å². The average molecular weight is 529 g/mol. The molecular formula is C22H33IN4OS. The first-order valence-corrected chi connectivity index (χ1v) is 11.0. The van der Waals surface area contributed by atoms with Crippen molar-refractivity contribution in [1.29, 1.82) is 0 Å². The molecule has 0 bridgehead atoms. The summed E-state index contributed by atoms with van der Waals surface area (Å²) in [6, 6.07) is 12.4. The summed E-state index contributed by atoms with van der Waals surface area (Å²) in [5, 5.41) is 9.08. The number of rotatable bonds is 8. The Morgan fingerprint density at radius 1 is 1.24 bits per heavy atom. The number of nitrogens with one attached hydrogen (secondary N) is 2. The lowest BCUT2D eigenvalue weighted by Gasteiger charge is -2.32. The fourth-order valence-corrected chi connectivity index (χ4v) is 4.41. The third-order valence-corrected chi connectivity index (χ3v) is 5.93. The normalized spacial score (nSPS) is 17.4. The summed E-state index contributed by atoms with van der Waals surface area (Å²) in [6.45, 7) is 7.95. The molecule has 1 aliphatic heterocycles. The lowest BCUT2D eigenvalue weighted by Crippen LogP contribution is -2.44. The van der Waals surface area contributed by atoms with Crippen molar-refractivity contribution in [2.45, 2.75) is 32.9 Å². The van der Waals surface area contributed by atoms with Crippen molar-refractivity contribution in [2.24, 2.45) is 10.9 Å². The zero-order valence-electron chi connectivity index (χ0n) is 17.4. The van der Waals surface area contributed by atoms with E-state index in [0.717, 1.165) is 43.5 Å². The van der Waals surface area contributed by atoms with Gasteiger partial charge < -0.3 is 15.4 Å². The molecule has 0 amide bonds. The van der Waals surface area contributed by atoms with E-state index in [2.05, 4.69) is 46.0 Å². The third kappa shape index (κ3) is 7.79. The largest absolute Gasteiger partial charge is 0.496 e. The van der Waals surface area contributed by atoms with E-state index in [-0.39, 0.29) is 24.0 Å². The second-order valence-electron chi connectivity index (χ2n) is 7.21. The fourth-order valence-electron chi connectivity index (χ4n) is 3.67. The molecule has 1 saturated heterocycles. The number of para-hydroxylation sites is 1. The summed E-state index contributed by atoms with van der Waals surface area (Å²) >= 11 is 1.85. The lowest BCUT2D eigenvalue weighted by atomic mass is 9.98. The van der Waals surface area contributed by atoms with Gasteiger partial charge in [-0.15, -0.1) is 35.3 Å². The topological polar surface area (TPSA) is 48.9 Å². The number of methoxy groups -OCH3 is 1. The van der Waals surface area contributed by atoms with Crippen LogP contribution in [0, 0.1) is 5.92 Å². The van der Waals surface area contributed by atoms with Gasteiger partial charge in [-0.05, 0) is 49.7 Å². The number of thiophene rings is 1. The van der Waals surface area contributed by atoms with Crippen LogP contribution in [-0.2, 0) is 13.1 Å². The molecule has 1 aromatic heterocycles. The molecule has 2 aromatic rings. The minimum Gasteiger partial charge on any atom is -0.496 e. The highest BCUT2D eigenvalue weighted by atomic mass is 127. The van der Waals surface area contributed by atoms with E-state index in [1.807, 2.05) is 29.5 Å². The first kappa shape index (κ1) is 24.0. The van der Waals surface area contributed by atoms with Crippen molar-refractivity contribution in [1.82, 2.24) is 15.5 Å². The summed E-state index contributed by atoms with van der Waals surface area (Å²) in [4.78, 5) is 8.80. The molecule has 1 aromatic carbocycles. The number of guanidine groups is 1. The Hall–Kier alpha value is -1.32. The van der Waals surface area contributed by atoms with E-state index < -0.39 is 0 Å². The van der Waals surface area contributed by atoms with E-state index >= 15 is 0 Å². The molecule has 160 valence electrons. The number of ether oxygens (including phenoxy) is 1. The molecule has 0 saturated carbocycles. The highest BCUT2D eigenvalue weighted by molar-refractivity contribution is 14.0. The van der Waals surface area contributed by atoms with Crippen LogP contribution in [-0.4, -0.2) is 44.1 Å². The molecule has 7 heteroatoms. The number of hydrogen-bond acceptors (Lipinski definition) is 4. The zero-order valence-corrected chi connectivity index (χ0v) is 20.5. The summed E-state index contributed by atoms with van der Waals surface area (Å²) < 4.78 is 5.43. The minimum absolute atomic E-state index is 0. The average Bonchev–Trinajstić information content (AvgIpc) is 3.23. The molecule has 5 nitrogen and oxygen atoms in total. The predicted octanol–water partition coefficient (Wildman–Crippen LogP) is 4.34. The SMILES string of the molecule is CCNC(=NCc1ccccc1OC)NCC1CCCN(Cc2cccs2)C1.I. The Bertz CT molecular complexity index is 738. The highest BCUT2D eigenvalue weighted by Gasteiger charge is 2.20. The Morgan fingerprint density at radius 3 is 2.86 bits per heavy atom. The van der Waals surface area contributed by atoms with E-state index in [1.165, 1.54) is 24.3 Å². The smallest absolute Gasteiger partial charge is 0.191 e. The Labute approximate surface area is 196 Å². The van der Waals surface area contributed by atoms with Gasteiger partial charge in [0, 0.05) is 36.6 Å². The molecule has 0 spiro atoms. The van der Waals surface area contributed by atoms with Gasteiger partial charge in [-0.3, -0.25) is 4.90 Å². The van der Waals surface area contributed by atoms with Crippen molar-refractivity contribution < 1.29 is 4.74 Å². The van der Waals surface area contributed by atoms with Crippen LogP contribution >= 0.6 is 35.3 Å². The van der Waals surface area contributed by atoms with Crippen molar-refractivity contribution in [3.05, 3.63) is 52.2 Å². The summed E-state index contributed by atoms with van der Waals surface area (Å²) in [6.07, 6.45) is 2.55. The van der Waals surface area contributed by atoms with Crippen molar-refractivity contribution in [3.63, 3.8) is 0 Å². The number of aliphatic imine (C=N–C) groups is 1. The van der Waals surface area contributed by atoms with E-state index in [9.17, 15) is 0 Å². The van der Waals surface area contributed by atoms with Gasteiger partial charge in [0.05, 0.1) is 13.7 Å². The minimum atomic E-state index is 0. The van der Waals surface area contributed by atoms with Gasteiger partial charge >= 0.3 is 0 Å². The molecule has 3 rings (SSSR count). The number of halogens is 1. The molecule has 29 heavy (non-hydrogen) atoms. The van der Waals surface area contributed by atoms with Gasteiger partial charge in [-0.2, -0.15) is 0 Å². The van der Waals surface area contributed by atoms with E-state index in [1.54, 1.807) is 7.11 Å². The maximum Gasteiger partial charge on any atom is 0.191 e. The molecule has 2 heterocycles. The molecule has 2 N–H and O–H groups in total. The van der Waals surface area contributed by atoms with Crippen LogP contribution in [0.2, 0.25) is 0 Å². The zero-order chi connectivity index (χ0) is 19.6. The molecule has 1 fully saturated rings. The lowest BCUT2D eigenvalue weighted by molar-refractivity contribution is 0.169. The number of hydrogen-bond donors (Lipinski definition) is 2. The predicted molar refractivity (Wildman–Crippen MR) is 134 cm³/mol. The maximum absolute atomic E-state index is 5.43. The molecular weight excluding hydrogens is 495 g/mol. The second-order valence-corrected chi connectivity index (χ2v) is 8.24. The monoisotopic (exact) mass is 528 g/mol. The summed E-state index contributed by atoms with van der Waals surface area (Å²) in [7, 11) is 1.71. The van der Waals surface area contributed by atoms with Gasteiger partial charge in [-0.1, -0.05) is 24.3 Å². The number of benzene rings is 1. The van der Waals surface area contributed by atoms with E-state index in [0.29, 0.717) is 12.5 Å². The Kier molecular flexibility index (Phi) is 10.8. The van der Waals surface area contributed by atoms with Crippen LogP contribution in [0.4, 0.5) is 0 Å². The number of nitrogens with zero attached hydrogens (tertiary/aromatic N) is 2. The van der Waals surface area contributed by atoms with Crippen molar-refractivity contribution in [2.75, 3.05) is 33.3 Å². The van der Waals surface area contributed by atoms with Gasteiger partial charge in [0.1, 0.15) is 5.75 Å². The molecule has 0 aliphatic carbocycles. The van der Waals surface area contributed by atoms with Crippen LogP contribution in [0.5, 0.6) is 5.75 Å². The van der Waals surface area contributed by atoms with Crippen molar-refractivity contribution in [3.8, 4) is 5.75 Å². The molecule has 1 atom stereocenters. The highest BCUT2D eigenvalue weighted by Crippen LogP contribution is 2.20. The van der Waals surface area contributed by atoms with Gasteiger partial charge in [0.2, 0.25) is 0 Å². The third-order valence-electron chi connectivity index (χ3n) is 5.07. The molecule has 1 aliphatic rings. The van der Waals surface area contributed by atoms with Crippen LogP contribution < -0.4 is 15.4 Å². The van der Waals surface area contributed by atoms with Crippen molar-refractivity contribution >= 4 is 41.3 Å². The maximum atomic E-state index is 5.43.